The number of unbranched alkanes of at least 4 members (excludes halogenated alkanes) is 1. The van der Waals surface area contributed by atoms with Gasteiger partial charge >= 0.3 is 0 Å². The standard InChI is InChI=1S/C10H21NOS/c1-10(12)6-4-5-7-11(2)8-9-13-3/h4-9H2,1-3H3. The lowest BCUT2D eigenvalue weighted by Gasteiger charge is -2.15. The molecular formula is C10H21NOS. The van der Waals surface area contributed by atoms with Crippen LogP contribution in [-0.2, 0) is 4.79 Å². The van der Waals surface area contributed by atoms with Crippen LogP contribution in [0.4, 0.5) is 0 Å². The highest BCUT2D eigenvalue weighted by Crippen LogP contribution is 1.99. The maximum atomic E-state index is 10.6. The van der Waals surface area contributed by atoms with Crippen molar-refractivity contribution in [1.82, 2.24) is 4.90 Å². The molecule has 13 heavy (non-hydrogen) atoms. The van der Waals surface area contributed by atoms with Crippen LogP contribution in [0.2, 0.25) is 0 Å². The number of carbonyl (C=O) groups is 1. The van der Waals surface area contributed by atoms with Gasteiger partial charge in [-0.15, -0.1) is 0 Å². The summed E-state index contributed by atoms with van der Waals surface area (Å²) in [5.74, 6) is 1.51. The number of carbonyl (C=O) groups excluding carboxylic acids is 1. The second-order valence-electron chi connectivity index (χ2n) is 3.46. The average Bonchev–Trinajstić information content (AvgIpc) is 2.08. The molecule has 0 atom stereocenters. The quantitative estimate of drug-likeness (QED) is 0.563. The summed E-state index contributed by atoms with van der Waals surface area (Å²) in [6.07, 6.45) is 5.06. The number of Topliss-reactive ketones (excluding diaryl/α,β-unsaturated/α-hetero) is 1. The van der Waals surface area contributed by atoms with Crippen LogP contribution in [0, 0.1) is 0 Å². The Kier molecular flexibility index (Phi) is 8.56. The molecule has 0 aromatic heterocycles. The predicted octanol–water partition coefficient (Wildman–Crippen LogP) is 2.04. The first-order chi connectivity index (χ1) is 6.16. The van der Waals surface area contributed by atoms with Crippen molar-refractivity contribution in [2.75, 3.05) is 32.1 Å². The largest absolute Gasteiger partial charge is 0.306 e. The molecule has 0 saturated heterocycles. The van der Waals surface area contributed by atoms with E-state index in [0.717, 1.165) is 32.4 Å². The summed E-state index contributed by atoms with van der Waals surface area (Å²) >= 11 is 1.88. The van der Waals surface area contributed by atoms with E-state index in [-0.39, 0.29) is 0 Å². The van der Waals surface area contributed by atoms with E-state index in [1.807, 2.05) is 11.8 Å². The highest BCUT2D eigenvalue weighted by molar-refractivity contribution is 7.98. The number of ketones is 1. The fourth-order valence-electron chi connectivity index (χ4n) is 1.11. The maximum absolute atomic E-state index is 10.6. The Bertz CT molecular complexity index is 139. The van der Waals surface area contributed by atoms with E-state index in [4.69, 9.17) is 0 Å². The minimum atomic E-state index is 0.312. The third-order valence-corrected chi connectivity index (χ3v) is 2.59. The van der Waals surface area contributed by atoms with Gasteiger partial charge in [-0.1, -0.05) is 0 Å². The number of rotatable bonds is 8. The third kappa shape index (κ3) is 9.90. The molecule has 0 unspecified atom stereocenters. The lowest BCUT2D eigenvalue weighted by molar-refractivity contribution is -0.117. The summed E-state index contributed by atoms with van der Waals surface area (Å²) < 4.78 is 0. The molecule has 0 N–H and O–H groups in total. The van der Waals surface area contributed by atoms with Crippen molar-refractivity contribution in [2.24, 2.45) is 0 Å². The summed E-state index contributed by atoms with van der Waals surface area (Å²) in [5, 5.41) is 0. The Labute approximate surface area is 86.1 Å². The highest BCUT2D eigenvalue weighted by Gasteiger charge is 1.98. The lowest BCUT2D eigenvalue weighted by atomic mass is 10.2. The normalized spacial score (nSPS) is 10.8. The van der Waals surface area contributed by atoms with E-state index in [1.165, 1.54) is 5.75 Å². The minimum absolute atomic E-state index is 0.312. The van der Waals surface area contributed by atoms with Crippen molar-refractivity contribution in [2.45, 2.75) is 26.2 Å². The van der Waals surface area contributed by atoms with Crippen molar-refractivity contribution in [3.05, 3.63) is 0 Å². The first kappa shape index (κ1) is 13.0. The second kappa shape index (κ2) is 8.57. The molecule has 0 aliphatic carbocycles. The first-order valence-corrected chi connectivity index (χ1v) is 6.23. The summed E-state index contributed by atoms with van der Waals surface area (Å²) in [5.41, 5.74) is 0. The summed E-state index contributed by atoms with van der Waals surface area (Å²) in [6.45, 7) is 3.94. The van der Waals surface area contributed by atoms with Gasteiger partial charge in [0.05, 0.1) is 0 Å². The van der Waals surface area contributed by atoms with Gasteiger partial charge in [-0.25, -0.2) is 0 Å². The third-order valence-electron chi connectivity index (χ3n) is 2.00. The lowest BCUT2D eigenvalue weighted by Crippen LogP contribution is -2.22. The molecule has 0 aromatic carbocycles. The van der Waals surface area contributed by atoms with Gasteiger partial charge in [-0.05, 0) is 39.6 Å². The molecule has 2 nitrogen and oxygen atoms in total. The van der Waals surface area contributed by atoms with E-state index >= 15 is 0 Å². The van der Waals surface area contributed by atoms with Crippen LogP contribution in [0.1, 0.15) is 26.2 Å². The molecule has 0 bridgehead atoms. The Hall–Kier alpha value is -0.0200. The molecule has 0 radical (unpaired) electrons. The average molecular weight is 203 g/mol. The van der Waals surface area contributed by atoms with Gasteiger partial charge in [-0.2, -0.15) is 11.8 Å². The van der Waals surface area contributed by atoms with Gasteiger partial charge < -0.3 is 9.69 Å². The SMILES string of the molecule is CSCCN(C)CCCCC(C)=O. The van der Waals surface area contributed by atoms with E-state index in [0.29, 0.717) is 5.78 Å². The van der Waals surface area contributed by atoms with E-state index in [1.54, 1.807) is 6.92 Å². The molecule has 0 aromatic rings. The van der Waals surface area contributed by atoms with Crippen molar-refractivity contribution in [3.63, 3.8) is 0 Å². The predicted molar refractivity (Wildman–Crippen MR) is 60.4 cm³/mol. The van der Waals surface area contributed by atoms with Gasteiger partial charge in [-0.3, -0.25) is 0 Å². The van der Waals surface area contributed by atoms with Gasteiger partial charge in [0.15, 0.2) is 0 Å². The number of thioether (sulfide) groups is 1. The zero-order chi connectivity index (χ0) is 10.1. The highest BCUT2D eigenvalue weighted by atomic mass is 32.2. The van der Waals surface area contributed by atoms with E-state index in [2.05, 4.69) is 18.2 Å². The minimum Gasteiger partial charge on any atom is -0.306 e. The van der Waals surface area contributed by atoms with Crippen molar-refractivity contribution >= 4 is 17.5 Å². The van der Waals surface area contributed by atoms with Crippen molar-refractivity contribution < 1.29 is 4.79 Å². The molecule has 78 valence electrons. The molecule has 0 aliphatic rings. The summed E-state index contributed by atoms with van der Waals surface area (Å²) in [6, 6.07) is 0. The smallest absolute Gasteiger partial charge is 0.129 e. The first-order valence-electron chi connectivity index (χ1n) is 4.83. The summed E-state index contributed by atoms with van der Waals surface area (Å²) in [7, 11) is 2.14. The molecule has 0 amide bonds. The Morgan fingerprint density at radius 3 is 2.54 bits per heavy atom. The van der Waals surface area contributed by atoms with Crippen molar-refractivity contribution in [1.29, 1.82) is 0 Å². The monoisotopic (exact) mass is 203 g/mol. The zero-order valence-corrected chi connectivity index (χ0v) is 9.82. The number of hydrogen-bond donors (Lipinski definition) is 0. The van der Waals surface area contributed by atoms with Crippen molar-refractivity contribution in [3.8, 4) is 0 Å². The maximum Gasteiger partial charge on any atom is 0.129 e. The van der Waals surface area contributed by atoms with Gasteiger partial charge in [0.2, 0.25) is 0 Å². The van der Waals surface area contributed by atoms with Gasteiger partial charge in [0, 0.05) is 18.7 Å². The Morgan fingerprint density at radius 2 is 2.00 bits per heavy atom. The van der Waals surface area contributed by atoms with E-state index in [9.17, 15) is 4.79 Å². The molecule has 0 aliphatic heterocycles. The molecule has 0 heterocycles. The molecule has 0 saturated carbocycles. The molecule has 0 rings (SSSR count). The molecule has 0 spiro atoms. The fraction of sp³-hybridized carbons (Fsp3) is 0.900. The number of hydrogen-bond acceptors (Lipinski definition) is 3. The second-order valence-corrected chi connectivity index (χ2v) is 4.44. The van der Waals surface area contributed by atoms with Crippen LogP contribution in [-0.4, -0.2) is 42.8 Å². The molecular weight excluding hydrogens is 182 g/mol. The van der Waals surface area contributed by atoms with Crippen LogP contribution in [0.25, 0.3) is 0 Å². The van der Waals surface area contributed by atoms with E-state index < -0.39 is 0 Å². The van der Waals surface area contributed by atoms with Crippen LogP contribution in [0.3, 0.4) is 0 Å². The topological polar surface area (TPSA) is 20.3 Å². The van der Waals surface area contributed by atoms with Crippen LogP contribution >= 0.6 is 11.8 Å². The van der Waals surface area contributed by atoms with Gasteiger partial charge in [0.1, 0.15) is 5.78 Å². The zero-order valence-electron chi connectivity index (χ0n) is 9.01. The fourth-order valence-corrected chi connectivity index (χ4v) is 1.61. The van der Waals surface area contributed by atoms with Gasteiger partial charge in [0.25, 0.3) is 0 Å². The summed E-state index contributed by atoms with van der Waals surface area (Å²) in [4.78, 5) is 13.0. The van der Waals surface area contributed by atoms with Crippen LogP contribution in [0.15, 0.2) is 0 Å². The van der Waals surface area contributed by atoms with Crippen LogP contribution in [0.5, 0.6) is 0 Å². The Balaban J connectivity index is 3.16. The van der Waals surface area contributed by atoms with Crippen LogP contribution < -0.4 is 0 Å². The molecule has 3 heteroatoms. The number of nitrogens with zero attached hydrogens (tertiary/aromatic N) is 1. The molecule has 0 fully saturated rings. The Morgan fingerprint density at radius 1 is 1.31 bits per heavy atom.